The van der Waals surface area contributed by atoms with E-state index in [1.165, 1.54) is 6.20 Å². The zero-order chi connectivity index (χ0) is 9.68. The molecule has 0 aliphatic rings. The maximum Gasteiger partial charge on any atom is 0.293 e. The molecule has 2 N–H and O–H groups in total. The highest BCUT2D eigenvalue weighted by Crippen LogP contribution is 2.00. The van der Waals surface area contributed by atoms with Crippen LogP contribution in [0.25, 0.3) is 0 Å². The van der Waals surface area contributed by atoms with Gasteiger partial charge in [-0.25, -0.2) is 4.98 Å². The van der Waals surface area contributed by atoms with Crippen LogP contribution >= 0.6 is 0 Å². The lowest BCUT2D eigenvalue weighted by atomic mass is 10.2. The monoisotopic (exact) mass is 171 g/mol. The van der Waals surface area contributed by atoms with Gasteiger partial charge in [0.1, 0.15) is 6.07 Å². The van der Waals surface area contributed by atoms with Gasteiger partial charge in [-0.2, -0.15) is 5.26 Å². The molecule has 0 aliphatic carbocycles. The van der Waals surface area contributed by atoms with Crippen LogP contribution in [0.15, 0.2) is 18.3 Å². The topological polar surface area (TPSA) is 79.8 Å². The van der Waals surface area contributed by atoms with E-state index >= 15 is 0 Å². The molecule has 1 amide bonds. The number of hydrogen-bond acceptors (Lipinski definition) is 3. The van der Waals surface area contributed by atoms with Crippen molar-refractivity contribution in [1.29, 1.82) is 5.26 Å². The van der Waals surface area contributed by atoms with Crippen molar-refractivity contribution in [3.63, 3.8) is 0 Å². The fourth-order valence-electron chi connectivity index (χ4n) is 0.724. The molecule has 1 heterocycles. The maximum absolute atomic E-state index is 10.3. The van der Waals surface area contributed by atoms with Gasteiger partial charge in [0, 0.05) is 12.1 Å². The molecule has 0 saturated carbocycles. The lowest BCUT2D eigenvalue weighted by Gasteiger charge is -1.90. The van der Waals surface area contributed by atoms with Crippen LogP contribution in [0.1, 0.15) is 11.3 Å². The summed E-state index contributed by atoms with van der Waals surface area (Å²) in [7, 11) is 0. The minimum atomic E-state index is -0.729. The number of nitrogens with two attached hydrogens (primary N) is 1. The Morgan fingerprint density at radius 2 is 2.38 bits per heavy atom. The van der Waals surface area contributed by atoms with E-state index in [-0.39, 0.29) is 5.69 Å². The van der Waals surface area contributed by atoms with E-state index in [4.69, 9.17) is 11.0 Å². The van der Waals surface area contributed by atoms with Gasteiger partial charge in [0.2, 0.25) is 0 Å². The Morgan fingerprint density at radius 1 is 1.62 bits per heavy atom. The summed E-state index contributed by atoms with van der Waals surface area (Å²) in [5.74, 6) is 3.86. The van der Waals surface area contributed by atoms with Crippen molar-refractivity contribution in [3.8, 4) is 17.9 Å². The number of carbonyl (C=O) groups is 1. The number of nitrogens with zero attached hydrogens (tertiary/aromatic N) is 2. The third-order valence-electron chi connectivity index (χ3n) is 1.23. The maximum atomic E-state index is 10.3. The van der Waals surface area contributed by atoms with Crippen LogP contribution < -0.4 is 5.73 Å². The average molecular weight is 171 g/mol. The Hall–Kier alpha value is -2.33. The molecule has 0 spiro atoms. The molecule has 0 fully saturated rings. The molecule has 0 saturated heterocycles. The number of rotatable bonds is 0. The highest BCUT2D eigenvalue weighted by Gasteiger charge is 1.97. The van der Waals surface area contributed by atoms with Crippen molar-refractivity contribution in [2.24, 2.45) is 5.73 Å². The zero-order valence-electron chi connectivity index (χ0n) is 6.61. The molecule has 0 bridgehead atoms. The molecule has 1 aromatic rings. The first kappa shape index (κ1) is 8.76. The van der Waals surface area contributed by atoms with Gasteiger partial charge in [-0.05, 0) is 12.1 Å². The summed E-state index contributed by atoms with van der Waals surface area (Å²) < 4.78 is 0. The van der Waals surface area contributed by atoms with E-state index in [9.17, 15) is 4.79 Å². The van der Waals surface area contributed by atoms with Gasteiger partial charge < -0.3 is 5.73 Å². The number of primary amides is 1. The van der Waals surface area contributed by atoms with Crippen LogP contribution in [0.3, 0.4) is 0 Å². The van der Waals surface area contributed by atoms with E-state index in [2.05, 4.69) is 16.8 Å². The van der Waals surface area contributed by atoms with Crippen molar-refractivity contribution in [2.75, 3.05) is 0 Å². The van der Waals surface area contributed by atoms with Crippen molar-refractivity contribution in [3.05, 3.63) is 29.6 Å². The van der Waals surface area contributed by atoms with Crippen molar-refractivity contribution < 1.29 is 4.79 Å². The number of carbonyl (C=O) groups excluding carboxylic acids is 1. The molecular formula is C9H5N3O. The Kier molecular flexibility index (Phi) is 2.62. The lowest BCUT2D eigenvalue weighted by Crippen LogP contribution is -2.06. The third-order valence-corrected chi connectivity index (χ3v) is 1.23. The molecule has 0 radical (unpaired) electrons. The molecule has 4 heteroatoms. The van der Waals surface area contributed by atoms with Gasteiger partial charge in [0.25, 0.3) is 5.91 Å². The highest BCUT2D eigenvalue weighted by molar-refractivity contribution is 5.92. The van der Waals surface area contributed by atoms with Gasteiger partial charge in [-0.3, -0.25) is 4.79 Å². The molecule has 0 aromatic carbocycles. The molecule has 1 rings (SSSR count). The molecule has 0 atom stereocenters. The van der Waals surface area contributed by atoms with E-state index < -0.39 is 5.91 Å². The molecule has 0 aliphatic heterocycles. The number of amides is 1. The summed E-state index contributed by atoms with van der Waals surface area (Å²) in [6.07, 6.45) is 1.48. The minimum Gasteiger partial charge on any atom is -0.359 e. The van der Waals surface area contributed by atoms with E-state index in [1.807, 2.05) is 6.07 Å². The molecule has 1 aromatic heterocycles. The Balaban J connectivity index is 3.11. The second kappa shape index (κ2) is 3.89. The summed E-state index contributed by atoms with van der Waals surface area (Å²) in [5.41, 5.74) is 5.41. The molecule has 13 heavy (non-hydrogen) atoms. The Bertz CT molecular complexity index is 434. The van der Waals surface area contributed by atoms with E-state index in [1.54, 1.807) is 12.1 Å². The van der Waals surface area contributed by atoms with Crippen LogP contribution in [-0.4, -0.2) is 10.9 Å². The van der Waals surface area contributed by atoms with Crippen molar-refractivity contribution >= 4 is 5.91 Å². The molecule has 0 unspecified atom stereocenters. The smallest absolute Gasteiger partial charge is 0.293 e. The van der Waals surface area contributed by atoms with E-state index in [0.29, 0.717) is 5.56 Å². The summed E-state index contributed by atoms with van der Waals surface area (Å²) in [6.45, 7) is 0. The largest absolute Gasteiger partial charge is 0.359 e. The van der Waals surface area contributed by atoms with Crippen LogP contribution in [0, 0.1) is 23.2 Å². The minimum absolute atomic E-state index is 0.191. The quantitative estimate of drug-likeness (QED) is 0.548. The van der Waals surface area contributed by atoms with Crippen molar-refractivity contribution in [1.82, 2.24) is 4.98 Å². The predicted octanol–water partition coefficient (Wildman–Crippen LogP) is -0.210. The van der Waals surface area contributed by atoms with Gasteiger partial charge in [0.15, 0.2) is 5.69 Å². The molecule has 4 nitrogen and oxygen atoms in total. The van der Waals surface area contributed by atoms with Crippen molar-refractivity contribution in [2.45, 2.75) is 0 Å². The van der Waals surface area contributed by atoms with Crippen LogP contribution in [-0.2, 0) is 4.79 Å². The molecule has 62 valence electrons. The van der Waals surface area contributed by atoms with Crippen LogP contribution in [0.2, 0.25) is 0 Å². The number of nitriles is 1. The normalized spacial score (nSPS) is 7.92. The summed E-state index contributed by atoms with van der Waals surface area (Å²) in [4.78, 5) is 14.1. The standard InChI is InChI=1S/C9H5N3O/c10-6-8-7(2-1-5-12-8)3-4-9(11)13/h1-2,5H,(H2,11,13). The SMILES string of the molecule is N#Cc1ncccc1C#CC(N)=O. The summed E-state index contributed by atoms with van der Waals surface area (Å²) in [5, 5.41) is 8.59. The number of hydrogen-bond donors (Lipinski definition) is 1. The van der Waals surface area contributed by atoms with Gasteiger partial charge in [-0.1, -0.05) is 5.92 Å². The number of aromatic nitrogens is 1. The van der Waals surface area contributed by atoms with Crippen LogP contribution in [0.4, 0.5) is 0 Å². The van der Waals surface area contributed by atoms with Crippen LogP contribution in [0.5, 0.6) is 0 Å². The van der Waals surface area contributed by atoms with Gasteiger partial charge in [-0.15, -0.1) is 0 Å². The van der Waals surface area contributed by atoms with E-state index in [0.717, 1.165) is 0 Å². The predicted molar refractivity (Wildman–Crippen MR) is 45.0 cm³/mol. The van der Waals surface area contributed by atoms with Gasteiger partial charge in [0.05, 0.1) is 5.56 Å². The summed E-state index contributed by atoms with van der Waals surface area (Å²) in [6, 6.07) is 5.08. The Labute approximate surface area is 75.0 Å². The fraction of sp³-hybridized carbons (Fsp3) is 0. The second-order valence-electron chi connectivity index (χ2n) is 2.13. The first-order chi connectivity index (χ1) is 6.24. The van der Waals surface area contributed by atoms with Gasteiger partial charge >= 0.3 is 0 Å². The third kappa shape index (κ3) is 2.32. The summed E-state index contributed by atoms with van der Waals surface area (Å²) >= 11 is 0. The zero-order valence-corrected chi connectivity index (χ0v) is 6.61. The molecular weight excluding hydrogens is 166 g/mol. The second-order valence-corrected chi connectivity index (χ2v) is 2.13. The number of pyridine rings is 1. The average Bonchev–Trinajstić information content (AvgIpc) is 2.15. The first-order valence-corrected chi connectivity index (χ1v) is 3.40. The lowest BCUT2D eigenvalue weighted by molar-refractivity contribution is -0.112. The first-order valence-electron chi connectivity index (χ1n) is 3.40. The Morgan fingerprint density at radius 3 is 3.00 bits per heavy atom. The highest BCUT2D eigenvalue weighted by atomic mass is 16.1. The fourth-order valence-corrected chi connectivity index (χ4v) is 0.724.